The van der Waals surface area contributed by atoms with Gasteiger partial charge in [-0.05, 0) is 49.7 Å². The Morgan fingerprint density at radius 1 is 1.05 bits per heavy atom. The topological polar surface area (TPSA) is 54.0 Å². The summed E-state index contributed by atoms with van der Waals surface area (Å²) in [6.07, 6.45) is 0. The molecule has 0 bridgehead atoms. The highest BCUT2D eigenvalue weighted by molar-refractivity contribution is 7.18. The summed E-state index contributed by atoms with van der Waals surface area (Å²) in [5, 5.41) is 6.68. The first-order valence-electron chi connectivity index (χ1n) is 6.62. The molecule has 0 saturated carbocycles. The maximum absolute atomic E-state index is 12.0. The molecule has 2 aromatic carbocycles. The van der Waals surface area contributed by atoms with Crippen molar-refractivity contribution in [2.45, 2.75) is 13.8 Å². The zero-order valence-corrected chi connectivity index (χ0v) is 12.6. The third kappa shape index (κ3) is 3.20. The number of carbonyl (C=O) groups excluding carboxylic acids is 1. The van der Waals surface area contributed by atoms with Crippen molar-refractivity contribution in [2.24, 2.45) is 0 Å². The summed E-state index contributed by atoms with van der Waals surface area (Å²) >= 11 is 1.62. The van der Waals surface area contributed by atoms with Gasteiger partial charge in [-0.25, -0.2) is 9.78 Å². The summed E-state index contributed by atoms with van der Waals surface area (Å²) in [5.41, 5.74) is 3.61. The van der Waals surface area contributed by atoms with Crippen LogP contribution >= 0.6 is 11.3 Å². The molecule has 0 spiro atoms. The third-order valence-electron chi connectivity index (χ3n) is 3.03. The van der Waals surface area contributed by atoms with E-state index in [1.54, 1.807) is 11.3 Å². The van der Waals surface area contributed by atoms with Crippen LogP contribution in [-0.4, -0.2) is 11.0 Å². The minimum atomic E-state index is -0.249. The van der Waals surface area contributed by atoms with Crippen LogP contribution in [0.2, 0.25) is 0 Å². The second-order valence-corrected chi connectivity index (χ2v) is 6.10. The lowest BCUT2D eigenvalue weighted by molar-refractivity contribution is 0.262. The summed E-state index contributed by atoms with van der Waals surface area (Å²) < 4.78 is 1.07. The van der Waals surface area contributed by atoms with E-state index in [4.69, 9.17) is 0 Å². The van der Waals surface area contributed by atoms with Crippen LogP contribution < -0.4 is 10.6 Å². The summed E-state index contributed by atoms with van der Waals surface area (Å²) in [6.45, 7) is 3.96. The molecule has 0 aliphatic carbocycles. The molecule has 106 valence electrons. The Morgan fingerprint density at radius 2 is 1.81 bits per heavy atom. The van der Waals surface area contributed by atoms with E-state index in [0.29, 0.717) is 0 Å². The standard InChI is InChI=1S/C16H15N3OS/c1-10-4-3-5-12(8-10)18-16(20)19-13-6-7-14-15(9-13)21-11(2)17-14/h3-9H,1-2H3,(H2,18,19,20). The Bertz CT molecular complexity index is 810. The number of urea groups is 1. The van der Waals surface area contributed by atoms with Gasteiger partial charge < -0.3 is 10.6 Å². The molecule has 1 heterocycles. The van der Waals surface area contributed by atoms with Gasteiger partial charge in [0.25, 0.3) is 0 Å². The lowest BCUT2D eigenvalue weighted by Crippen LogP contribution is -2.19. The normalized spacial score (nSPS) is 10.6. The summed E-state index contributed by atoms with van der Waals surface area (Å²) in [4.78, 5) is 16.4. The van der Waals surface area contributed by atoms with Gasteiger partial charge in [0.15, 0.2) is 0 Å². The Hall–Kier alpha value is -2.40. The number of benzene rings is 2. The highest BCUT2D eigenvalue weighted by Crippen LogP contribution is 2.24. The van der Waals surface area contributed by atoms with Gasteiger partial charge in [-0.3, -0.25) is 0 Å². The van der Waals surface area contributed by atoms with Crippen molar-refractivity contribution in [3.63, 3.8) is 0 Å². The number of aryl methyl sites for hydroxylation is 2. The summed E-state index contributed by atoms with van der Waals surface area (Å²) in [5.74, 6) is 0. The fraction of sp³-hybridized carbons (Fsp3) is 0.125. The molecule has 2 N–H and O–H groups in total. The predicted octanol–water partition coefficient (Wildman–Crippen LogP) is 4.56. The van der Waals surface area contributed by atoms with Crippen LogP contribution in [0.3, 0.4) is 0 Å². The lowest BCUT2D eigenvalue weighted by atomic mass is 10.2. The highest BCUT2D eigenvalue weighted by atomic mass is 32.1. The molecule has 3 rings (SSSR count). The van der Waals surface area contributed by atoms with Crippen LogP contribution in [0.4, 0.5) is 16.2 Å². The lowest BCUT2D eigenvalue weighted by Gasteiger charge is -2.08. The van der Waals surface area contributed by atoms with E-state index in [1.807, 2.05) is 56.3 Å². The number of rotatable bonds is 2. The molecule has 5 heteroatoms. The van der Waals surface area contributed by atoms with E-state index < -0.39 is 0 Å². The first kappa shape index (κ1) is 13.6. The molecular weight excluding hydrogens is 282 g/mol. The molecule has 0 radical (unpaired) electrons. The Kier molecular flexibility index (Phi) is 3.58. The number of anilines is 2. The molecule has 21 heavy (non-hydrogen) atoms. The maximum Gasteiger partial charge on any atom is 0.323 e. The molecule has 0 aliphatic heterocycles. The maximum atomic E-state index is 12.0. The number of carbonyl (C=O) groups is 1. The highest BCUT2D eigenvalue weighted by Gasteiger charge is 2.05. The number of thiazole rings is 1. The summed E-state index contributed by atoms with van der Waals surface area (Å²) in [6, 6.07) is 13.2. The average Bonchev–Trinajstić information content (AvgIpc) is 2.78. The van der Waals surface area contributed by atoms with Gasteiger partial charge in [0.2, 0.25) is 0 Å². The van der Waals surface area contributed by atoms with Crippen LogP contribution in [-0.2, 0) is 0 Å². The first-order chi connectivity index (χ1) is 10.1. The molecule has 0 saturated heterocycles. The number of hydrogen-bond acceptors (Lipinski definition) is 3. The minimum absolute atomic E-state index is 0.249. The van der Waals surface area contributed by atoms with E-state index in [1.165, 1.54) is 0 Å². The monoisotopic (exact) mass is 297 g/mol. The molecular formula is C16H15N3OS. The van der Waals surface area contributed by atoms with E-state index >= 15 is 0 Å². The summed E-state index contributed by atoms with van der Waals surface area (Å²) in [7, 11) is 0. The molecule has 0 aliphatic rings. The number of nitrogens with one attached hydrogen (secondary N) is 2. The van der Waals surface area contributed by atoms with Crippen molar-refractivity contribution in [1.82, 2.24) is 4.98 Å². The minimum Gasteiger partial charge on any atom is -0.308 e. The van der Waals surface area contributed by atoms with Gasteiger partial charge in [0.1, 0.15) is 0 Å². The SMILES string of the molecule is Cc1cccc(NC(=O)Nc2ccc3nc(C)sc3c2)c1. The van der Waals surface area contributed by atoms with E-state index in [-0.39, 0.29) is 6.03 Å². The van der Waals surface area contributed by atoms with Gasteiger partial charge in [-0.2, -0.15) is 0 Å². The largest absolute Gasteiger partial charge is 0.323 e. The van der Waals surface area contributed by atoms with Gasteiger partial charge in [-0.15, -0.1) is 11.3 Å². The van der Waals surface area contributed by atoms with Crippen molar-refractivity contribution in [1.29, 1.82) is 0 Å². The van der Waals surface area contributed by atoms with Crippen molar-refractivity contribution in [3.05, 3.63) is 53.0 Å². The van der Waals surface area contributed by atoms with Crippen LogP contribution in [0.1, 0.15) is 10.6 Å². The van der Waals surface area contributed by atoms with Crippen molar-refractivity contribution in [2.75, 3.05) is 10.6 Å². The second-order valence-electron chi connectivity index (χ2n) is 4.86. The first-order valence-corrected chi connectivity index (χ1v) is 7.44. The second kappa shape index (κ2) is 5.54. The van der Waals surface area contributed by atoms with Crippen molar-refractivity contribution < 1.29 is 4.79 Å². The predicted molar refractivity (Wildman–Crippen MR) is 88.2 cm³/mol. The number of hydrogen-bond donors (Lipinski definition) is 2. The van der Waals surface area contributed by atoms with Crippen LogP contribution in [0.15, 0.2) is 42.5 Å². The average molecular weight is 297 g/mol. The number of nitrogens with zero attached hydrogens (tertiary/aromatic N) is 1. The van der Waals surface area contributed by atoms with E-state index in [0.717, 1.165) is 32.2 Å². The van der Waals surface area contributed by atoms with Gasteiger partial charge >= 0.3 is 6.03 Å². The molecule has 0 atom stereocenters. The number of fused-ring (bicyclic) bond motifs is 1. The van der Waals surface area contributed by atoms with Gasteiger partial charge in [0.05, 0.1) is 15.2 Å². The molecule has 0 fully saturated rings. The number of aromatic nitrogens is 1. The van der Waals surface area contributed by atoms with Crippen molar-refractivity contribution >= 4 is 39.0 Å². The molecule has 2 amide bonds. The number of amides is 2. The fourth-order valence-electron chi connectivity index (χ4n) is 2.13. The Morgan fingerprint density at radius 3 is 2.57 bits per heavy atom. The fourth-order valence-corrected chi connectivity index (χ4v) is 3.00. The van der Waals surface area contributed by atoms with Gasteiger partial charge in [-0.1, -0.05) is 12.1 Å². The molecule has 4 nitrogen and oxygen atoms in total. The molecule has 1 aromatic heterocycles. The smallest absolute Gasteiger partial charge is 0.308 e. The van der Waals surface area contributed by atoms with Crippen LogP contribution in [0.5, 0.6) is 0 Å². The quantitative estimate of drug-likeness (QED) is 0.728. The zero-order valence-electron chi connectivity index (χ0n) is 11.8. The van der Waals surface area contributed by atoms with Crippen LogP contribution in [0.25, 0.3) is 10.2 Å². The Labute approximate surface area is 126 Å². The Balaban J connectivity index is 1.73. The van der Waals surface area contributed by atoms with Crippen LogP contribution in [0, 0.1) is 13.8 Å². The van der Waals surface area contributed by atoms with Gasteiger partial charge in [0, 0.05) is 11.4 Å². The molecule has 3 aromatic rings. The van der Waals surface area contributed by atoms with E-state index in [2.05, 4.69) is 15.6 Å². The third-order valence-corrected chi connectivity index (χ3v) is 3.96. The zero-order chi connectivity index (χ0) is 14.8. The van der Waals surface area contributed by atoms with E-state index in [9.17, 15) is 4.79 Å². The molecule has 0 unspecified atom stereocenters. The van der Waals surface area contributed by atoms with Crippen molar-refractivity contribution in [3.8, 4) is 0 Å².